The number of urea groups is 1. The zero-order valence-electron chi connectivity index (χ0n) is 14.4. The van der Waals surface area contributed by atoms with Gasteiger partial charge in [-0.3, -0.25) is 4.79 Å². The van der Waals surface area contributed by atoms with Crippen molar-refractivity contribution in [3.8, 4) is 11.1 Å². The molecule has 0 radical (unpaired) electrons. The Kier molecular flexibility index (Phi) is 5.33. The number of nitrogens with zero attached hydrogens (tertiary/aromatic N) is 1. The molecule has 2 aromatic carbocycles. The van der Waals surface area contributed by atoms with Gasteiger partial charge in [-0.1, -0.05) is 48.5 Å². The van der Waals surface area contributed by atoms with Gasteiger partial charge in [0.05, 0.1) is 11.6 Å². The molecule has 3 amide bonds. The van der Waals surface area contributed by atoms with E-state index in [0.717, 1.165) is 29.7 Å². The van der Waals surface area contributed by atoms with E-state index < -0.39 is 0 Å². The van der Waals surface area contributed by atoms with Crippen LogP contribution in [0.2, 0.25) is 0 Å². The molecule has 5 nitrogen and oxygen atoms in total. The summed E-state index contributed by atoms with van der Waals surface area (Å²) in [5, 5.41) is 5.69. The summed E-state index contributed by atoms with van der Waals surface area (Å²) in [4.78, 5) is 26.3. The predicted molar refractivity (Wildman–Crippen MR) is 99.3 cm³/mol. The van der Waals surface area contributed by atoms with Crippen molar-refractivity contribution in [2.24, 2.45) is 5.92 Å². The summed E-state index contributed by atoms with van der Waals surface area (Å²) < 4.78 is 0. The van der Waals surface area contributed by atoms with Crippen LogP contribution in [-0.4, -0.2) is 37.0 Å². The lowest BCUT2D eigenvalue weighted by Crippen LogP contribution is -2.46. The van der Waals surface area contributed by atoms with Crippen LogP contribution in [0.4, 0.5) is 10.5 Å². The van der Waals surface area contributed by atoms with Crippen molar-refractivity contribution in [3.05, 3.63) is 54.6 Å². The minimum absolute atomic E-state index is 0.00202. The van der Waals surface area contributed by atoms with Crippen LogP contribution in [0.3, 0.4) is 0 Å². The van der Waals surface area contributed by atoms with Gasteiger partial charge in [0.25, 0.3) is 0 Å². The van der Waals surface area contributed by atoms with E-state index in [1.807, 2.05) is 54.6 Å². The first-order valence-corrected chi connectivity index (χ1v) is 8.61. The SMILES string of the molecule is CNC(=O)[C@H]1CCCN(C(=O)Nc2ccccc2-c2ccccc2)C1. The Morgan fingerprint density at radius 2 is 1.76 bits per heavy atom. The summed E-state index contributed by atoms with van der Waals surface area (Å²) in [7, 11) is 1.64. The van der Waals surface area contributed by atoms with Gasteiger partial charge in [0.1, 0.15) is 0 Å². The van der Waals surface area contributed by atoms with Crippen LogP contribution >= 0.6 is 0 Å². The van der Waals surface area contributed by atoms with Gasteiger partial charge >= 0.3 is 6.03 Å². The number of anilines is 1. The molecular weight excluding hydrogens is 314 g/mol. The molecule has 0 bridgehead atoms. The molecule has 1 heterocycles. The number of likely N-dealkylation sites (tertiary alicyclic amines) is 1. The normalized spacial score (nSPS) is 17.0. The molecule has 25 heavy (non-hydrogen) atoms. The fourth-order valence-corrected chi connectivity index (χ4v) is 3.24. The Bertz CT molecular complexity index is 746. The molecule has 3 rings (SSSR count). The Hall–Kier alpha value is -2.82. The third kappa shape index (κ3) is 3.99. The maximum absolute atomic E-state index is 12.7. The van der Waals surface area contributed by atoms with Crippen molar-refractivity contribution in [3.63, 3.8) is 0 Å². The van der Waals surface area contributed by atoms with E-state index in [4.69, 9.17) is 0 Å². The number of rotatable bonds is 3. The number of benzene rings is 2. The van der Waals surface area contributed by atoms with Gasteiger partial charge in [-0.25, -0.2) is 4.79 Å². The number of carbonyl (C=O) groups is 2. The Balaban J connectivity index is 1.74. The molecule has 1 aliphatic heterocycles. The zero-order valence-corrected chi connectivity index (χ0v) is 14.4. The lowest BCUT2D eigenvalue weighted by molar-refractivity contribution is -0.125. The highest BCUT2D eigenvalue weighted by Crippen LogP contribution is 2.28. The van der Waals surface area contributed by atoms with Crippen molar-refractivity contribution in [1.82, 2.24) is 10.2 Å². The number of nitrogens with one attached hydrogen (secondary N) is 2. The first-order chi connectivity index (χ1) is 12.2. The highest BCUT2D eigenvalue weighted by molar-refractivity contribution is 5.94. The van der Waals surface area contributed by atoms with Crippen LogP contribution in [0, 0.1) is 5.92 Å². The molecule has 0 unspecified atom stereocenters. The lowest BCUT2D eigenvalue weighted by atomic mass is 9.97. The van der Waals surface area contributed by atoms with Crippen LogP contribution in [0.1, 0.15) is 12.8 Å². The average molecular weight is 337 g/mol. The molecule has 0 aromatic heterocycles. The van der Waals surface area contributed by atoms with Gasteiger partial charge in [0.2, 0.25) is 5.91 Å². The number of piperidine rings is 1. The van der Waals surface area contributed by atoms with Gasteiger partial charge in [-0.2, -0.15) is 0 Å². The summed E-state index contributed by atoms with van der Waals surface area (Å²) in [6, 6.07) is 17.6. The van der Waals surface area contributed by atoms with Crippen molar-refractivity contribution >= 4 is 17.6 Å². The van der Waals surface area contributed by atoms with E-state index in [-0.39, 0.29) is 17.9 Å². The van der Waals surface area contributed by atoms with Crippen LogP contribution in [0.25, 0.3) is 11.1 Å². The first-order valence-electron chi connectivity index (χ1n) is 8.61. The number of hydrogen-bond donors (Lipinski definition) is 2. The van der Waals surface area contributed by atoms with Crippen LogP contribution in [0.5, 0.6) is 0 Å². The number of hydrogen-bond acceptors (Lipinski definition) is 2. The van der Waals surface area contributed by atoms with E-state index >= 15 is 0 Å². The van der Waals surface area contributed by atoms with Crippen molar-refractivity contribution in [1.29, 1.82) is 0 Å². The molecule has 1 aliphatic rings. The molecule has 1 fully saturated rings. The highest BCUT2D eigenvalue weighted by atomic mass is 16.2. The number of para-hydroxylation sites is 1. The first kappa shape index (κ1) is 17.0. The van der Waals surface area contributed by atoms with Gasteiger partial charge in [0, 0.05) is 25.7 Å². The quantitative estimate of drug-likeness (QED) is 0.902. The highest BCUT2D eigenvalue weighted by Gasteiger charge is 2.28. The fourth-order valence-electron chi connectivity index (χ4n) is 3.24. The molecule has 0 spiro atoms. The predicted octanol–water partition coefficient (Wildman–Crippen LogP) is 3.34. The van der Waals surface area contributed by atoms with E-state index in [2.05, 4.69) is 10.6 Å². The maximum Gasteiger partial charge on any atom is 0.321 e. The maximum atomic E-state index is 12.7. The molecule has 0 aliphatic carbocycles. The van der Waals surface area contributed by atoms with Gasteiger partial charge in [0.15, 0.2) is 0 Å². The van der Waals surface area contributed by atoms with Crippen LogP contribution in [-0.2, 0) is 4.79 Å². The molecule has 5 heteroatoms. The minimum Gasteiger partial charge on any atom is -0.359 e. The summed E-state index contributed by atoms with van der Waals surface area (Å²) >= 11 is 0. The Labute approximate surface area is 148 Å². The second-order valence-electron chi connectivity index (χ2n) is 6.24. The van der Waals surface area contributed by atoms with E-state index in [9.17, 15) is 9.59 Å². The molecule has 0 saturated carbocycles. The van der Waals surface area contributed by atoms with E-state index in [0.29, 0.717) is 13.1 Å². The summed E-state index contributed by atoms with van der Waals surface area (Å²) in [5.74, 6) is -0.129. The summed E-state index contributed by atoms with van der Waals surface area (Å²) in [6.45, 7) is 1.13. The smallest absolute Gasteiger partial charge is 0.321 e. The molecule has 2 N–H and O–H groups in total. The monoisotopic (exact) mass is 337 g/mol. The lowest BCUT2D eigenvalue weighted by Gasteiger charge is -2.32. The van der Waals surface area contributed by atoms with Gasteiger partial charge in [-0.15, -0.1) is 0 Å². The Morgan fingerprint density at radius 3 is 2.52 bits per heavy atom. The van der Waals surface area contributed by atoms with Crippen molar-refractivity contribution in [2.45, 2.75) is 12.8 Å². The fraction of sp³-hybridized carbons (Fsp3) is 0.300. The summed E-state index contributed by atoms with van der Waals surface area (Å²) in [6.07, 6.45) is 1.66. The average Bonchev–Trinajstić information content (AvgIpc) is 2.68. The topological polar surface area (TPSA) is 61.4 Å². The zero-order chi connectivity index (χ0) is 17.6. The second kappa shape index (κ2) is 7.83. The molecule has 130 valence electrons. The van der Waals surface area contributed by atoms with Gasteiger partial charge < -0.3 is 15.5 Å². The summed E-state index contributed by atoms with van der Waals surface area (Å²) in [5.41, 5.74) is 2.82. The van der Waals surface area contributed by atoms with Crippen molar-refractivity contribution < 1.29 is 9.59 Å². The van der Waals surface area contributed by atoms with Gasteiger partial charge in [-0.05, 0) is 24.5 Å². The van der Waals surface area contributed by atoms with Crippen LogP contribution < -0.4 is 10.6 Å². The number of carbonyl (C=O) groups excluding carboxylic acids is 2. The molecular formula is C20H23N3O2. The minimum atomic E-state index is -0.156. The second-order valence-corrected chi connectivity index (χ2v) is 6.24. The molecule has 2 aromatic rings. The standard InChI is InChI=1S/C20H23N3O2/c1-21-19(24)16-10-7-13-23(14-16)20(25)22-18-12-6-5-11-17(18)15-8-3-2-4-9-15/h2-6,8-9,11-12,16H,7,10,13-14H2,1H3,(H,21,24)(H,22,25)/t16-/m0/s1. The third-order valence-corrected chi connectivity index (χ3v) is 4.58. The largest absolute Gasteiger partial charge is 0.359 e. The molecule has 1 saturated heterocycles. The number of amides is 3. The van der Waals surface area contributed by atoms with E-state index in [1.165, 1.54) is 0 Å². The Morgan fingerprint density at radius 1 is 1.04 bits per heavy atom. The van der Waals surface area contributed by atoms with Crippen LogP contribution in [0.15, 0.2) is 54.6 Å². The van der Waals surface area contributed by atoms with Crippen molar-refractivity contribution in [2.75, 3.05) is 25.5 Å². The third-order valence-electron chi connectivity index (χ3n) is 4.58. The van der Waals surface area contributed by atoms with E-state index in [1.54, 1.807) is 11.9 Å². The molecule has 1 atom stereocenters.